The van der Waals surface area contributed by atoms with Gasteiger partial charge in [0.1, 0.15) is 22.8 Å². The van der Waals surface area contributed by atoms with Crippen molar-refractivity contribution in [3.05, 3.63) is 17.7 Å². The highest BCUT2D eigenvalue weighted by molar-refractivity contribution is 6.01. The van der Waals surface area contributed by atoms with Gasteiger partial charge in [-0.3, -0.25) is 4.79 Å². The third-order valence-electron chi connectivity index (χ3n) is 4.47. The van der Waals surface area contributed by atoms with E-state index in [9.17, 15) is 20.1 Å². The van der Waals surface area contributed by atoms with Crippen LogP contribution in [0.5, 0.6) is 17.2 Å². The second kappa shape index (κ2) is 8.99. The maximum atomic E-state index is 12.1. The minimum Gasteiger partial charge on any atom is -0.508 e. The Labute approximate surface area is 143 Å². The van der Waals surface area contributed by atoms with Crippen molar-refractivity contribution in [1.82, 2.24) is 4.90 Å². The Morgan fingerprint density at radius 1 is 1.13 bits per heavy atom. The van der Waals surface area contributed by atoms with E-state index in [0.29, 0.717) is 12.5 Å². The van der Waals surface area contributed by atoms with E-state index in [4.69, 9.17) is 0 Å². The number of Topliss-reactive ketones (excluding diaryl/α,β-unsaturated/α-hetero) is 1. The van der Waals surface area contributed by atoms with Crippen molar-refractivity contribution in [2.24, 2.45) is 0 Å². The van der Waals surface area contributed by atoms with Gasteiger partial charge in [0.15, 0.2) is 5.78 Å². The van der Waals surface area contributed by atoms with Crippen molar-refractivity contribution in [3.8, 4) is 17.2 Å². The highest BCUT2D eigenvalue weighted by Gasteiger charge is 2.20. The Kier molecular flexibility index (Phi) is 7.65. The number of halogens is 1. The van der Waals surface area contributed by atoms with Gasteiger partial charge in [0.05, 0.1) is 0 Å². The summed E-state index contributed by atoms with van der Waals surface area (Å²) in [7, 11) is 2.09. The van der Waals surface area contributed by atoms with Crippen molar-refractivity contribution in [1.29, 1.82) is 0 Å². The van der Waals surface area contributed by atoms with E-state index in [-0.39, 0.29) is 47.4 Å². The molecule has 0 aromatic heterocycles. The Morgan fingerprint density at radius 2 is 1.70 bits per heavy atom. The second-order valence-electron chi connectivity index (χ2n) is 6.16. The lowest BCUT2D eigenvalue weighted by Crippen LogP contribution is -2.34. The van der Waals surface area contributed by atoms with E-state index in [0.717, 1.165) is 18.7 Å². The van der Waals surface area contributed by atoms with Crippen LogP contribution in [-0.2, 0) is 0 Å². The summed E-state index contributed by atoms with van der Waals surface area (Å²) in [6.07, 6.45) is 7.29. The van der Waals surface area contributed by atoms with Crippen molar-refractivity contribution in [2.75, 3.05) is 13.6 Å². The molecule has 130 valence electrons. The van der Waals surface area contributed by atoms with E-state index >= 15 is 0 Å². The van der Waals surface area contributed by atoms with Crippen molar-refractivity contribution >= 4 is 18.2 Å². The van der Waals surface area contributed by atoms with Crippen molar-refractivity contribution in [2.45, 2.75) is 51.0 Å². The van der Waals surface area contributed by atoms with E-state index in [1.165, 1.54) is 32.1 Å². The molecule has 0 unspecified atom stereocenters. The number of aromatic hydroxyl groups is 3. The molecule has 0 spiro atoms. The van der Waals surface area contributed by atoms with Gasteiger partial charge in [0.2, 0.25) is 0 Å². The molecular formula is C17H26ClNO4. The number of hydrogen-bond acceptors (Lipinski definition) is 5. The van der Waals surface area contributed by atoms with E-state index in [2.05, 4.69) is 11.9 Å². The quantitative estimate of drug-likeness (QED) is 0.689. The normalized spacial score (nSPS) is 15.4. The summed E-state index contributed by atoms with van der Waals surface area (Å²) in [6, 6.07) is 2.75. The minimum atomic E-state index is -0.372. The summed E-state index contributed by atoms with van der Waals surface area (Å²) in [5.74, 6) is -1.30. The molecule has 1 aliphatic rings. The zero-order valence-electron chi connectivity index (χ0n) is 13.5. The van der Waals surface area contributed by atoms with Crippen LogP contribution in [0, 0.1) is 0 Å². The maximum Gasteiger partial charge on any atom is 0.170 e. The fourth-order valence-corrected chi connectivity index (χ4v) is 3.20. The fourth-order valence-electron chi connectivity index (χ4n) is 3.20. The number of phenolic OH excluding ortho intramolecular Hbond substituents is 3. The van der Waals surface area contributed by atoms with Crippen LogP contribution < -0.4 is 0 Å². The molecular weight excluding hydrogens is 318 g/mol. The summed E-state index contributed by atoms with van der Waals surface area (Å²) in [5, 5.41) is 28.7. The molecule has 1 aromatic carbocycles. The zero-order valence-corrected chi connectivity index (χ0v) is 14.3. The van der Waals surface area contributed by atoms with Gasteiger partial charge in [0.25, 0.3) is 0 Å². The molecule has 0 aliphatic heterocycles. The first-order valence-corrected chi connectivity index (χ1v) is 7.97. The number of carbonyl (C=O) groups is 1. The van der Waals surface area contributed by atoms with Gasteiger partial charge >= 0.3 is 0 Å². The number of rotatable bonds is 6. The molecule has 0 saturated heterocycles. The van der Waals surface area contributed by atoms with Gasteiger partial charge in [-0.15, -0.1) is 12.4 Å². The molecule has 5 nitrogen and oxygen atoms in total. The molecule has 1 aliphatic carbocycles. The van der Waals surface area contributed by atoms with Crippen molar-refractivity contribution < 1.29 is 20.1 Å². The SMILES string of the molecule is CN(CCCC(=O)c1c(O)cc(O)cc1O)C1CCCCC1.Cl. The number of carbonyl (C=O) groups excluding carboxylic acids is 1. The molecule has 1 fully saturated rings. The van der Waals surface area contributed by atoms with Crippen LogP contribution in [-0.4, -0.2) is 45.6 Å². The van der Waals surface area contributed by atoms with Crippen LogP contribution in [0.2, 0.25) is 0 Å². The summed E-state index contributed by atoms with van der Waals surface area (Å²) >= 11 is 0. The van der Waals surface area contributed by atoms with Crippen LogP contribution in [0.25, 0.3) is 0 Å². The van der Waals surface area contributed by atoms with E-state index in [1.807, 2.05) is 0 Å². The lowest BCUT2D eigenvalue weighted by molar-refractivity contribution is 0.0965. The smallest absolute Gasteiger partial charge is 0.170 e. The first-order valence-electron chi connectivity index (χ1n) is 7.97. The lowest BCUT2D eigenvalue weighted by atomic mass is 9.94. The molecule has 0 atom stereocenters. The number of phenols is 3. The summed E-state index contributed by atoms with van der Waals surface area (Å²) < 4.78 is 0. The van der Waals surface area contributed by atoms with Gasteiger partial charge in [-0.05, 0) is 32.9 Å². The predicted octanol–water partition coefficient (Wildman–Crippen LogP) is 3.45. The molecule has 0 radical (unpaired) electrons. The van der Waals surface area contributed by atoms with Crippen LogP contribution in [0.3, 0.4) is 0 Å². The van der Waals surface area contributed by atoms with Crippen LogP contribution in [0.4, 0.5) is 0 Å². The molecule has 3 N–H and O–H groups in total. The van der Waals surface area contributed by atoms with Gasteiger partial charge in [-0.2, -0.15) is 0 Å². The largest absolute Gasteiger partial charge is 0.508 e. The molecule has 1 saturated carbocycles. The van der Waals surface area contributed by atoms with Gasteiger partial charge in [0, 0.05) is 24.6 Å². The number of hydrogen-bond donors (Lipinski definition) is 3. The monoisotopic (exact) mass is 343 g/mol. The molecule has 6 heteroatoms. The Hall–Kier alpha value is -1.46. The second-order valence-corrected chi connectivity index (χ2v) is 6.16. The fraction of sp³-hybridized carbons (Fsp3) is 0.588. The molecule has 1 aromatic rings. The number of ketones is 1. The highest BCUT2D eigenvalue weighted by Crippen LogP contribution is 2.33. The van der Waals surface area contributed by atoms with Gasteiger partial charge in [-0.25, -0.2) is 0 Å². The molecule has 0 heterocycles. The predicted molar refractivity (Wildman–Crippen MR) is 91.8 cm³/mol. The first kappa shape index (κ1) is 19.6. The summed E-state index contributed by atoms with van der Waals surface area (Å²) in [4.78, 5) is 14.4. The Morgan fingerprint density at radius 3 is 2.26 bits per heavy atom. The molecule has 2 rings (SSSR count). The molecule has 0 bridgehead atoms. The Balaban J connectivity index is 0.00000264. The standard InChI is InChI=1S/C17H25NO4.ClH/c1-18(12-6-3-2-4-7-12)9-5-8-14(20)17-15(21)10-13(19)11-16(17)22;/h10-12,19,21-22H,2-9H2,1H3;1H. The summed E-state index contributed by atoms with van der Waals surface area (Å²) in [6.45, 7) is 0.829. The highest BCUT2D eigenvalue weighted by atomic mass is 35.5. The lowest BCUT2D eigenvalue weighted by Gasteiger charge is -2.31. The maximum absolute atomic E-state index is 12.1. The topological polar surface area (TPSA) is 81.0 Å². The third kappa shape index (κ3) is 5.29. The van der Waals surface area contributed by atoms with E-state index in [1.54, 1.807) is 0 Å². The van der Waals surface area contributed by atoms with Gasteiger partial charge in [-0.1, -0.05) is 19.3 Å². The van der Waals surface area contributed by atoms with Crippen LogP contribution in [0.15, 0.2) is 12.1 Å². The zero-order chi connectivity index (χ0) is 16.1. The van der Waals surface area contributed by atoms with Crippen molar-refractivity contribution in [3.63, 3.8) is 0 Å². The Bertz CT molecular complexity index is 506. The first-order chi connectivity index (χ1) is 10.5. The average Bonchev–Trinajstić information content (AvgIpc) is 2.47. The summed E-state index contributed by atoms with van der Waals surface area (Å²) in [5.41, 5.74) is -0.0990. The number of benzene rings is 1. The van der Waals surface area contributed by atoms with Crippen LogP contribution in [0.1, 0.15) is 55.3 Å². The molecule has 0 amide bonds. The van der Waals surface area contributed by atoms with Gasteiger partial charge < -0.3 is 20.2 Å². The number of nitrogens with zero attached hydrogens (tertiary/aromatic N) is 1. The van der Waals surface area contributed by atoms with E-state index < -0.39 is 0 Å². The molecule has 23 heavy (non-hydrogen) atoms. The minimum absolute atomic E-state index is 0. The third-order valence-corrected chi connectivity index (χ3v) is 4.47. The van der Waals surface area contributed by atoms with Crippen LogP contribution >= 0.6 is 12.4 Å². The average molecular weight is 344 g/mol.